The molecule has 2 aliphatic carbocycles. The highest BCUT2D eigenvalue weighted by Gasteiger charge is 2.54. The number of para-hydroxylation sites is 2. The summed E-state index contributed by atoms with van der Waals surface area (Å²) in [5, 5.41) is 2.15. The molecule has 0 radical (unpaired) electrons. The molecule has 386 valence electrons. The van der Waals surface area contributed by atoms with Gasteiger partial charge in [-0.15, -0.1) is 0 Å². The summed E-state index contributed by atoms with van der Waals surface area (Å²) < 4.78 is 7.60. The van der Waals surface area contributed by atoms with Gasteiger partial charge in [-0.1, -0.05) is 218 Å². The van der Waals surface area contributed by atoms with E-state index in [9.17, 15) is 0 Å². The summed E-state index contributed by atoms with van der Waals surface area (Å²) in [6.45, 7) is 32.8. The maximum atomic E-state index is 7.60. The average molecular weight is 1010 g/mol. The second kappa shape index (κ2) is 17.5. The van der Waals surface area contributed by atoms with Gasteiger partial charge in [-0.25, -0.2) is 0 Å². The Hall–Kier alpha value is -7.62. The smallest absolute Gasteiger partial charge is 0.160 e. The monoisotopic (exact) mass is 1010 g/mol. The lowest BCUT2D eigenvalue weighted by atomic mass is 9.55. The van der Waals surface area contributed by atoms with Crippen LogP contribution in [0.5, 0.6) is 0 Å². The molecule has 1 spiro atoms. The number of benzene rings is 9. The Balaban J connectivity index is 1.26. The fourth-order valence-electron chi connectivity index (χ4n) is 12.8. The van der Waals surface area contributed by atoms with Crippen LogP contribution < -0.4 is 9.80 Å². The molecular weight excluding hydrogens is 933 g/mol. The number of hydrogen-bond acceptors (Lipinski definition) is 3. The highest BCUT2D eigenvalue weighted by atomic mass is 16.3. The maximum absolute atomic E-state index is 7.60. The second-order valence-electron chi connectivity index (χ2n) is 26.7. The van der Waals surface area contributed by atoms with Crippen molar-refractivity contribution in [2.24, 2.45) is 0 Å². The molecule has 2 aliphatic rings. The molecule has 77 heavy (non-hydrogen) atoms. The first-order valence-corrected chi connectivity index (χ1v) is 27.8. The van der Waals surface area contributed by atoms with E-state index in [0.717, 1.165) is 56.1 Å². The van der Waals surface area contributed by atoms with E-state index in [2.05, 4.69) is 301 Å². The molecule has 3 heteroatoms. The fourth-order valence-corrected chi connectivity index (χ4v) is 12.8. The third-order valence-electron chi connectivity index (χ3n) is 17.1. The summed E-state index contributed by atoms with van der Waals surface area (Å²) in [5.74, 6) is 0. The fraction of sp³-hybridized carbons (Fsp3) is 0.270. The Morgan fingerprint density at radius 3 is 1.23 bits per heavy atom. The molecule has 0 aliphatic heterocycles. The minimum Gasteiger partial charge on any atom is -0.454 e. The molecule has 0 amide bonds. The minimum absolute atomic E-state index is 0.0658. The molecule has 0 N–H and O–H groups in total. The Kier molecular flexibility index (Phi) is 11.4. The van der Waals surface area contributed by atoms with E-state index in [0.29, 0.717) is 0 Å². The Morgan fingerprint density at radius 2 is 0.753 bits per heavy atom. The van der Waals surface area contributed by atoms with E-state index in [1.165, 1.54) is 66.8 Å². The lowest BCUT2D eigenvalue weighted by Gasteiger charge is -2.46. The lowest BCUT2D eigenvalue weighted by molar-refractivity contribution is 0.563. The zero-order valence-electron chi connectivity index (χ0n) is 47.8. The first kappa shape index (κ1) is 50.2. The molecule has 0 unspecified atom stereocenters. The molecule has 0 fully saturated rings. The summed E-state index contributed by atoms with van der Waals surface area (Å²) in [6.07, 6.45) is 0. The van der Waals surface area contributed by atoms with E-state index < -0.39 is 5.41 Å². The lowest BCUT2D eigenvalue weighted by Crippen LogP contribution is -2.40. The number of furan rings is 1. The molecule has 0 saturated carbocycles. The molecule has 0 saturated heterocycles. The van der Waals surface area contributed by atoms with Crippen molar-refractivity contribution < 1.29 is 4.42 Å². The van der Waals surface area contributed by atoms with Crippen LogP contribution in [0.15, 0.2) is 199 Å². The SMILES string of the molecule is CC(C)(C)c1cc(N(c2ccccc2)c2ccc3oc4c(N(c5ccccc5)c5cc(C(C)(C)C)cc(C(C)(C)C)c5)c5c(cc4c3c2)C2(c3ccccc3-5)c3ccccc3C(C)(C)c3ccccc32)cc(C(C)(C)C)c1. The van der Waals surface area contributed by atoms with E-state index in [-0.39, 0.29) is 27.1 Å². The summed E-state index contributed by atoms with van der Waals surface area (Å²) in [7, 11) is 0. The van der Waals surface area contributed by atoms with Crippen molar-refractivity contribution >= 4 is 56.1 Å². The predicted molar refractivity (Wildman–Crippen MR) is 327 cm³/mol. The van der Waals surface area contributed by atoms with Crippen LogP contribution in [0.4, 0.5) is 34.1 Å². The summed E-state index contributed by atoms with van der Waals surface area (Å²) in [6, 6.07) is 73.7. The van der Waals surface area contributed by atoms with Crippen molar-refractivity contribution in [2.75, 3.05) is 9.80 Å². The molecule has 3 nitrogen and oxygen atoms in total. The molecule has 12 rings (SSSR count). The van der Waals surface area contributed by atoms with Gasteiger partial charge in [-0.05, 0) is 156 Å². The van der Waals surface area contributed by atoms with Crippen molar-refractivity contribution in [2.45, 2.75) is 129 Å². The molecular formula is C74H74N2O. The highest BCUT2D eigenvalue weighted by molar-refractivity contribution is 6.17. The standard InChI is InChI=1S/C74H74N2O/c1-69(2,3)47-39-48(70(4,5)6)42-54(41-47)75(51-27-17-15-18-28-51)53-37-38-65-57(45-53)58-46-64-66(56-31-21-22-32-59(56)74(64)62-35-25-23-33-60(62)73(13,14)61-34-24-26-36-63(61)74)67(68(58)77-65)76(52-29-19-16-20-30-52)55-43-49(71(7,8)9)40-50(44-55)72(10,11)12/h15-46H,1-14H3. The zero-order chi connectivity index (χ0) is 54.2. The molecule has 0 atom stereocenters. The van der Waals surface area contributed by atoms with Crippen LogP contribution in [0.2, 0.25) is 0 Å². The van der Waals surface area contributed by atoms with Gasteiger partial charge in [0.05, 0.1) is 11.1 Å². The summed E-state index contributed by atoms with van der Waals surface area (Å²) in [4.78, 5) is 4.99. The highest BCUT2D eigenvalue weighted by Crippen LogP contribution is 2.66. The van der Waals surface area contributed by atoms with Crippen molar-refractivity contribution in [3.63, 3.8) is 0 Å². The maximum Gasteiger partial charge on any atom is 0.160 e. The summed E-state index contributed by atoms with van der Waals surface area (Å²) in [5.41, 5.74) is 22.5. The van der Waals surface area contributed by atoms with Gasteiger partial charge in [0.1, 0.15) is 5.58 Å². The first-order valence-electron chi connectivity index (χ1n) is 27.8. The van der Waals surface area contributed by atoms with Crippen LogP contribution in [0.25, 0.3) is 33.1 Å². The van der Waals surface area contributed by atoms with Crippen LogP contribution in [0, 0.1) is 0 Å². The van der Waals surface area contributed by atoms with Gasteiger partial charge in [-0.3, -0.25) is 0 Å². The number of fused-ring (bicyclic) bond motifs is 12. The van der Waals surface area contributed by atoms with Crippen molar-refractivity contribution in [1.29, 1.82) is 0 Å². The quantitative estimate of drug-likeness (QED) is 0.165. The molecule has 9 aromatic carbocycles. The molecule has 1 heterocycles. The molecule has 1 aromatic heterocycles. The van der Waals surface area contributed by atoms with Gasteiger partial charge >= 0.3 is 0 Å². The van der Waals surface area contributed by atoms with E-state index in [1.54, 1.807) is 0 Å². The van der Waals surface area contributed by atoms with Gasteiger partial charge in [-0.2, -0.15) is 0 Å². The average Bonchev–Trinajstić information content (AvgIpc) is 3.99. The van der Waals surface area contributed by atoms with Crippen LogP contribution in [-0.2, 0) is 32.5 Å². The summed E-state index contributed by atoms with van der Waals surface area (Å²) >= 11 is 0. The van der Waals surface area contributed by atoms with Crippen LogP contribution in [0.1, 0.15) is 153 Å². The molecule has 10 aromatic rings. The van der Waals surface area contributed by atoms with Gasteiger partial charge in [0.2, 0.25) is 0 Å². The predicted octanol–water partition coefficient (Wildman–Crippen LogP) is 20.7. The van der Waals surface area contributed by atoms with Crippen molar-refractivity contribution in [1.82, 2.24) is 0 Å². The number of anilines is 6. The van der Waals surface area contributed by atoms with Crippen molar-refractivity contribution in [3.8, 4) is 11.1 Å². The largest absolute Gasteiger partial charge is 0.454 e. The Morgan fingerprint density at radius 1 is 0.338 bits per heavy atom. The third kappa shape index (κ3) is 7.97. The van der Waals surface area contributed by atoms with Gasteiger partial charge in [0.15, 0.2) is 5.58 Å². The van der Waals surface area contributed by atoms with Crippen LogP contribution in [-0.4, -0.2) is 0 Å². The van der Waals surface area contributed by atoms with E-state index >= 15 is 0 Å². The number of nitrogens with zero attached hydrogens (tertiary/aromatic N) is 2. The Labute approximate surface area is 458 Å². The normalized spacial score (nSPS) is 14.6. The minimum atomic E-state index is -0.655. The zero-order valence-corrected chi connectivity index (χ0v) is 47.8. The van der Waals surface area contributed by atoms with Gasteiger partial charge in [0, 0.05) is 50.2 Å². The van der Waals surface area contributed by atoms with Gasteiger partial charge < -0.3 is 14.2 Å². The van der Waals surface area contributed by atoms with Crippen molar-refractivity contribution in [3.05, 3.63) is 250 Å². The van der Waals surface area contributed by atoms with E-state index in [4.69, 9.17) is 4.42 Å². The van der Waals surface area contributed by atoms with Crippen LogP contribution >= 0.6 is 0 Å². The van der Waals surface area contributed by atoms with Gasteiger partial charge in [0.25, 0.3) is 0 Å². The Bertz CT molecular complexity index is 3820. The first-order chi connectivity index (χ1) is 36.5. The molecule has 0 bridgehead atoms. The van der Waals surface area contributed by atoms with E-state index in [1.807, 2.05) is 0 Å². The number of hydrogen-bond donors (Lipinski definition) is 0. The second-order valence-corrected chi connectivity index (χ2v) is 26.7. The third-order valence-corrected chi connectivity index (χ3v) is 17.1. The topological polar surface area (TPSA) is 19.6 Å². The number of rotatable bonds is 6. The van der Waals surface area contributed by atoms with Crippen LogP contribution in [0.3, 0.4) is 0 Å².